The molecule has 0 radical (unpaired) electrons. The summed E-state index contributed by atoms with van der Waals surface area (Å²) in [5.41, 5.74) is 2.05. The summed E-state index contributed by atoms with van der Waals surface area (Å²) in [7, 11) is 0. The summed E-state index contributed by atoms with van der Waals surface area (Å²) in [5, 5.41) is 7.60. The lowest BCUT2D eigenvalue weighted by atomic mass is 10.3. The van der Waals surface area contributed by atoms with Gasteiger partial charge >= 0.3 is 0 Å². The predicted molar refractivity (Wildman–Crippen MR) is 48.2 cm³/mol. The molecular weight excluding hydrogens is 183 g/mol. The number of aromatic nitrogens is 4. The summed E-state index contributed by atoms with van der Waals surface area (Å²) in [6, 6.07) is 4.44. The van der Waals surface area contributed by atoms with Gasteiger partial charge in [0.2, 0.25) is 0 Å². The minimum absolute atomic E-state index is 0.294. The van der Waals surface area contributed by atoms with E-state index in [-0.39, 0.29) is 5.82 Å². The molecule has 3 rings (SSSR count). The predicted octanol–water partition coefficient (Wildman–Crippen LogP) is 1.42. The molecule has 0 amide bonds. The Kier molecular flexibility index (Phi) is 1.30. The van der Waals surface area contributed by atoms with Crippen LogP contribution in [0.25, 0.3) is 16.7 Å². The summed E-state index contributed by atoms with van der Waals surface area (Å²) < 4.78 is 14.6. The molecule has 4 nitrogen and oxygen atoms in total. The Bertz CT molecular complexity index is 616. The van der Waals surface area contributed by atoms with Crippen molar-refractivity contribution in [3.05, 3.63) is 36.5 Å². The van der Waals surface area contributed by atoms with Crippen LogP contribution in [0, 0.1) is 5.82 Å². The molecule has 2 heterocycles. The Balaban J connectivity index is 2.57. The van der Waals surface area contributed by atoms with Crippen molar-refractivity contribution in [2.75, 3.05) is 0 Å². The van der Waals surface area contributed by atoms with Crippen molar-refractivity contribution in [3.8, 4) is 0 Å². The van der Waals surface area contributed by atoms with E-state index in [4.69, 9.17) is 0 Å². The number of nitrogens with zero attached hydrogens (tertiary/aromatic N) is 4. The maximum atomic E-state index is 12.9. The molecule has 0 spiro atoms. The van der Waals surface area contributed by atoms with Crippen molar-refractivity contribution in [1.82, 2.24) is 19.6 Å². The number of benzene rings is 1. The van der Waals surface area contributed by atoms with E-state index < -0.39 is 0 Å². The fourth-order valence-electron chi connectivity index (χ4n) is 1.45. The Morgan fingerprint density at radius 1 is 1.29 bits per heavy atom. The standard InChI is InChI=1S/C9H5FN4/c10-6-1-2-8-7(3-6)11-4-9-13-12-5-14(8)9/h1-5H. The Morgan fingerprint density at radius 2 is 2.21 bits per heavy atom. The van der Waals surface area contributed by atoms with Crippen molar-refractivity contribution in [2.45, 2.75) is 0 Å². The number of hydrogen-bond donors (Lipinski definition) is 0. The highest BCUT2D eigenvalue weighted by molar-refractivity contribution is 5.76. The Labute approximate surface area is 78.0 Å². The van der Waals surface area contributed by atoms with Crippen LogP contribution in [0.2, 0.25) is 0 Å². The first-order chi connectivity index (χ1) is 6.84. The molecule has 0 N–H and O–H groups in total. The molecule has 1 aromatic carbocycles. The first kappa shape index (κ1) is 7.37. The normalized spacial score (nSPS) is 11.2. The lowest BCUT2D eigenvalue weighted by Gasteiger charge is -1.99. The maximum absolute atomic E-state index is 12.9. The van der Waals surface area contributed by atoms with E-state index in [9.17, 15) is 4.39 Å². The first-order valence-electron chi connectivity index (χ1n) is 4.08. The van der Waals surface area contributed by atoms with Crippen LogP contribution in [0.4, 0.5) is 4.39 Å². The van der Waals surface area contributed by atoms with E-state index in [1.165, 1.54) is 12.1 Å². The molecule has 0 unspecified atom stereocenters. The van der Waals surface area contributed by atoms with E-state index in [1.54, 1.807) is 23.0 Å². The van der Waals surface area contributed by atoms with Crippen molar-refractivity contribution < 1.29 is 4.39 Å². The number of fused-ring (bicyclic) bond motifs is 3. The quantitative estimate of drug-likeness (QED) is 0.535. The molecule has 0 aliphatic carbocycles. The monoisotopic (exact) mass is 188 g/mol. The zero-order valence-corrected chi connectivity index (χ0v) is 7.05. The van der Waals surface area contributed by atoms with Crippen LogP contribution in [-0.2, 0) is 0 Å². The summed E-state index contributed by atoms with van der Waals surface area (Å²) >= 11 is 0. The minimum Gasteiger partial charge on any atom is -0.279 e. The van der Waals surface area contributed by atoms with E-state index >= 15 is 0 Å². The van der Waals surface area contributed by atoms with Gasteiger partial charge in [-0.15, -0.1) is 10.2 Å². The van der Waals surface area contributed by atoms with E-state index in [1.807, 2.05) is 0 Å². The van der Waals surface area contributed by atoms with Crippen molar-refractivity contribution in [1.29, 1.82) is 0 Å². The molecule has 0 fully saturated rings. The first-order valence-corrected chi connectivity index (χ1v) is 4.08. The number of rotatable bonds is 0. The zero-order valence-electron chi connectivity index (χ0n) is 7.05. The summed E-state index contributed by atoms with van der Waals surface area (Å²) in [6.07, 6.45) is 3.14. The molecule has 14 heavy (non-hydrogen) atoms. The summed E-state index contributed by atoms with van der Waals surface area (Å²) in [6.45, 7) is 0. The molecule has 2 aromatic heterocycles. The van der Waals surface area contributed by atoms with Gasteiger partial charge in [-0.05, 0) is 12.1 Å². The zero-order chi connectivity index (χ0) is 9.54. The van der Waals surface area contributed by atoms with E-state index in [2.05, 4.69) is 15.2 Å². The molecule has 0 saturated carbocycles. The van der Waals surface area contributed by atoms with Crippen molar-refractivity contribution in [3.63, 3.8) is 0 Å². The highest BCUT2D eigenvalue weighted by Crippen LogP contribution is 2.13. The number of hydrogen-bond acceptors (Lipinski definition) is 3. The smallest absolute Gasteiger partial charge is 0.179 e. The van der Waals surface area contributed by atoms with Gasteiger partial charge in [0.25, 0.3) is 0 Å². The second-order valence-corrected chi connectivity index (χ2v) is 2.95. The van der Waals surface area contributed by atoms with Gasteiger partial charge in [-0.3, -0.25) is 9.38 Å². The van der Waals surface area contributed by atoms with Gasteiger partial charge in [-0.25, -0.2) is 4.39 Å². The van der Waals surface area contributed by atoms with Crippen LogP contribution in [0.1, 0.15) is 0 Å². The van der Waals surface area contributed by atoms with Gasteiger partial charge < -0.3 is 0 Å². The largest absolute Gasteiger partial charge is 0.279 e. The summed E-state index contributed by atoms with van der Waals surface area (Å²) in [4.78, 5) is 4.08. The third kappa shape index (κ3) is 0.891. The minimum atomic E-state index is -0.294. The van der Waals surface area contributed by atoms with Crippen molar-refractivity contribution >= 4 is 16.7 Å². The summed E-state index contributed by atoms with van der Waals surface area (Å²) in [5.74, 6) is -0.294. The molecule has 0 aliphatic rings. The number of halogens is 1. The second-order valence-electron chi connectivity index (χ2n) is 2.95. The lowest BCUT2D eigenvalue weighted by Crippen LogP contribution is -1.90. The fraction of sp³-hybridized carbons (Fsp3) is 0. The molecule has 0 saturated heterocycles. The average molecular weight is 188 g/mol. The third-order valence-electron chi connectivity index (χ3n) is 2.09. The topological polar surface area (TPSA) is 43.1 Å². The van der Waals surface area contributed by atoms with Gasteiger partial charge in [0.05, 0.1) is 17.2 Å². The van der Waals surface area contributed by atoms with E-state index in [0.717, 1.165) is 5.52 Å². The lowest BCUT2D eigenvalue weighted by molar-refractivity contribution is 0.629. The van der Waals surface area contributed by atoms with Crippen LogP contribution >= 0.6 is 0 Å². The Morgan fingerprint density at radius 3 is 3.14 bits per heavy atom. The molecule has 0 bridgehead atoms. The molecule has 5 heteroatoms. The van der Waals surface area contributed by atoms with Crippen LogP contribution in [-0.4, -0.2) is 19.6 Å². The van der Waals surface area contributed by atoms with Gasteiger partial charge in [0, 0.05) is 6.07 Å². The molecule has 3 aromatic rings. The molecule has 0 atom stereocenters. The molecule has 68 valence electrons. The third-order valence-corrected chi connectivity index (χ3v) is 2.09. The second kappa shape index (κ2) is 2.47. The Hall–Kier alpha value is -2.04. The SMILES string of the molecule is Fc1ccc2c(c1)ncc1nncn12. The van der Waals surface area contributed by atoms with Crippen molar-refractivity contribution in [2.24, 2.45) is 0 Å². The van der Waals surface area contributed by atoms with Crippen LogP contribution in [0.5, 0.6) is 0 Å². The van der Waals surface area contributed by atoms with Gasteiger partial charge in [-0.1, -0.05) is 0 Å². The highest BCUT2D eigenvalue weighted by atomic mass is 19.1. The van der Waals surface area contributed by atoms with Crippen LogP contribution < -0.4 is 0 Å². The highest BCUT2D eigenvalue weighted by Gasteiger charge is 2.02. The van der Waals surface area contributed by atoms with Crippen LogP contribution in [0.3, 0.4) is 0 Å². The fourth-order valence-corrected chi connectivity index (χ4v) is 1.45. The van der Waals surface area contributed by atoms with Gasteiger partial charge in [-0.2, -0.15) is 0 Å². The molecule has 0 aliphatic heterocycles. The van der Waals surface area contributed by atoms with Gasteiger partial charge in [0.1, 0.15) is 12.1 Å². The van der Waals surface area contributed by atoms with Crippen LogP contribution in [0.15, 0.2) is 30.7 Å². The molecular formula is C9H5FN4. The average Bonchev–Trinajstić information content (AvgIpc) is 2.65. The van der Waals surface area contributed by atoms with Gasteiger partial charge in [0.15, 0.2) is 5.65 Å². The van der Waals surface area contributed by atoms with E-state index in [0.29, 0.717) is 11.2 Å². The maximum Gasteiger partial charge on any atom is 0.179 e.